The first-order valence-electron chi connectivity index (χ1n) is 6.88. The molecule has 0 radical (unpaired) electrons. The fraction of sp³-hybridized carbons (Fsp3) is 0.333. The maximum atomic E-state index is 13.1. The van der Waals surface area contributed by atoms with E-state index in [9.17, 15) is 12.8 Å². The lowest BCUT2D eigenvalue weighted by atomic mass is 10.1. The Kier molecular flexibility index (Phi) is 5.05. The highest BCUT2D eigenvalue weighted by atomic mass is 79.9. The number of anilines is 1. The van der Waals surface area contributed by atoms with E-state index in [0.29, 0.717) is 21.4 Å². The van der Waals surface area contributed by atoms with Gasteiger partial charge in [0.15, 0.2) is 0 Å². The lowest BCUT2D eigenvalue weighted by Crippen LogP contribution is -2.27. The summed E-state index contributed by atoms with van der Waals surface area (Å²) in [5.41, 5.74) is 1.88. The summed E-state index contributed by atoms with van der Waals surface area (Å²) < 4.78 is 38.4. The van der Waals surface area contributed by atoms with E-state index in [1.807, 2.05) is 13.8 Å². The molecule has 1 heterocycles. The van der Waals surface area contributed by atoms with Gasteiger partial charge >= 0.3 is 0 Å². The van der Waals surface area contributed by atoms with Gasteiger partial charge in [0.2, 0.25) is 16.0 Å². The predicted octanol–water partition coefficient (Wildman–Crippen LogP) is 3.56. The van der Waals surface area contributed by atoms with Gasteiger partial charge in [-0.1, -0.05) is 13.8 Å². The van der Waals surface area contributed by atoms with Gasteiger partial charge in [-0.05, 0) is 46.1 Å². The highest BCUT2D eigenvalue weighted by Gasteiger charge is 2.21. The van der Waals surface area contributed by atoms with Crippen LogP contribution in [0.25, 0.3) is 11.3 Å². The summed E-state index contributed by atoms with van der Waals surface area (Å²) in [5.74, 6) is -0.214. The Morgan fingerprint density at radius 3 is 2.22 bits per heavy atom. The SMILES string of the molecule is CC(C)c1nc(N(C)S(C)(=O)=O)nc(-c2ccc(F)cc2)c1Br. The first-order valence-corrected chi connectivity index (χ1v) is 9.52. The highest BCUT2D eigenvalue weighted by Crippen LogP contribution is 2.34. The molecule has 0 saturated heterocycles. The number of aromatic nitrogens is 2. The van der Waals surface area contributed by atoms with Crippen LogP contribution in [0.1, 0.15) is 25.5 Å². The third kappa shape index (κ3) is 3.87. The third-order valence-electron chi connectivity index (χ3n) is 3.31. The van der Waals surface area contributed by atoms with E-state index in [1.54, 1.807) is 12.1 Å². The van der Waals surface area contributed by atoms with Gasteiger partial charge < -0.3 is 0 Å². The van der Waals surface area contributed by atoms with Crippen molar-refractivity contribution in [1.29, 1.82) is 0 Å². The minimum Gasteiger partial charge on any atom is -0.241 e. The van der Waals surface area contributed by atoms with E-state index in [4.69, 9.17) is 0 Å². The van der Waals surface area contributed by atoms with Crippen molar-refractivity contribution in [3.8, 4) is 11.3 Å². The first kappa shape index (κ1) is 17.8. The second kappa shape index (κ2) is 6.52. The maximum absolute atomic E-state index is 13.1. The van der Waals surface area contributed by atoms with Gasteiger partial charge in [-0.2, -0.15) is 0 Å². The van der Waals surface area contributed by atoms with Crippen LogP contribution >= 0.6 is 15.9 Å². The third-order valence-corrected chi connectivity index (χ3v) is 5.25. The average Bonchev–Trinajstić information content (AvgIpc) is 2.46. The molecule has 0 atom stereocenters. The Labute approximate surface area is 143 Å². The van der Waals surface area contributed by atoms with Crippen LogP contribution in [0, 0.1) is 5.82 Å². The van der Waals surface area contributed by atoms with E-state index in [0.717, 1.165) is 10.6 Å². The van der Waals surface area contributed by atoms with Crippen LogP contribution in [-0.2, 0) is 10.0 Å². The summed E-state index contributed by atoms with van der Waals surface area (Å²) in [7, 11) is -2.08. The van der Waals surface area contributed by atoms with Gasteiger partial charge in [0.05, 0.1) is 22.1 Å². The molecule has 0 aliphatic heterocycles. The van der Waals surface area contributed by atoms with Crippen LogP contribution in [-0.4, -0.2) is 31.7 Å². The van der Waals surface area contributed by atoms with Crippen molar-refractivity contribution in [1.82, 2.24) is 9.97 Å². The predicted molar refractivity (Wildman–Crippen MR) is 92.5 cm³/mol. The van der Waals surface area contributed by atoms with Gasteiger partial charge in [-0.15, -0.1) is 0 Å². The largest absolute Gasteiger partial charge is 0.241 e. The average molecular weight is 402 g/mol. The molecule has 5 nitrogen and oxygen atoms in total. The van der Waals surface area contributed by atoms with Gasteiger partial charge in [0.1, 0.15) is 5.82 Å². The smallest absolute Gasteiger partial charge is 0.239 e. The molecule has 1 aromatic heterocycles. The fourth-order valence-electron chi connectivity index (χ4n) is 1.92. The minimum atomic E-state index is -3.48. The zero-order valence-electron chi connectivity index (χ0n) is 13.2. The molecule has 0 N–H and O–H groups in total. The minimum absolute atomic E-state index is 0.0540. The molecule has 2 rings (SSSR count). The Morgan fingerprint density at radius 1 is 1.17 bits per heavy atom. The van der Waals surface area contributed by atoms with Crippen molar-refractivity contribution in [3.05, 3.63) is 40.2 Å². The van der Waals surface area contributed by atoms with E-state index in [1.165, 1.54) is 19.2 Å². The van der Waals surface area contributed by atoms with Crippen molar-refractivity contribution in [2.75, 3.05) is 17.6 Å². The van der Waals surface area contributed by atoms with Crippen LogP contribution in [0.4, 0.5) is 10.3 Å². The second-order valence-electron chi connectivity index (χ2n) is 5.46. The molecule has 0 saturated carbocycles. The number of hydrogen-bond acceptors (Lipinski definition) is 4. The molecule has 0 fully saturated rings. The summed E-state index contributed by atoms with van der Waals surface area (Å²) >= 11 is 3.48. The number of sulfonamides is 1. The van der Waals surface area contributed by atoms with Crippen molar-refractivity contribution in [2.24, 2.45) is 0 Å². The molecule has 0 unspecified atom stereocenters. The summed E-state index contributed by atoms with van der Waals surface area (Å²) in [6.07, 6.45) is 1.09. The first-order chi connectivity index (χ1) is 10.6. The molecular formula is C15H17BrFN3O2S. The molecule has 124 valence electrons. The molecular weight excluding hydrogens is 385 g/mol. The lowest BCUT2D eigenvalue weighted by molar-refractivity contribution is 0.599. The molecule has 0 spiro atoms. The van der Waals surface area contributed by atoms with E-state index < -0.39 is 10.0 Å². The van der Waals surface area contributed by atoms with Crippen LogP contribution < -0.4 is 4.31 Å². The second-order valence-corrected chi connectivity index (χ2v) is 8.27. The molecule has 8 heteroatoms. The van der Waals surface area contributed by atoms with E-state index in [-0.39, 0.29) is 17.7 Å². The van der Waals surface area contributed by atoms with Gasteiger partial charge in [-0.25, -0.2) is 27.1 Å². The Morgan fingerprint density at radius 2 is 1.74 bits per heavy atom. The molecule has 0 aliphatic carbocycles. The molecule has 0 amide bonds. The standard InChI is InChI=1S/C15H17BrFN3O2S/c1-9(2)13-12(16)14(10-5-7-11(17)8-6-10)19-15(18-13)20(3)23(4,21)22/h5-9H,1-4H3. The number of hydrogen-bond donors (Lipinski definition) is 0. The number of rotatable bonds is 4. The highest BCUT2D eigenvalue weighted by molar-refractivity contribution is 9.10. The number of benzene rings is 1. The van der Waals surface area contributed by atoms with Crippen LogP contribution in [0.5, 0.6) is 0 Å². The quantitative estimate of drug-likeness (QED) is 0.785. The summed E-state index contributed by atoms with van der Waals surface area (Å²) in [4.78, 5) is 8.70. The lowest BCUT2D eigenvalue weighted by Gasteiger charge is -2.19. The van der Waals surface area contributed by atoms with E-state index >= 15 is 0 Å². The molecule has 0 aliphatic rings. The van der Waals surface area contributed by atoms with E-state index in [2.05, 4.69) is 25.9 Å². The van der Waals surface area contributed by atoms with Crippen LogP contribution in [0.15, 0.2) is 28.7 Å². The van der Waals surface area contributed by atoms with Crippen LogP contribution in [0.3, 0.4) is 0 Å². The van der Waals surface area contributed by atoms with Crippen LogP contribution in [0.2, 0.25) is 0 Å². The maximum Gasteiger partial charge on any atom is 0.239 e. The number of nitrogens with zero attached hydrogens (tertiary/aromatic N) is 3. The fourth-order valence-corrected chi connectivity index (χ4v) is 3.17. The summed E-state index contributed by atoms with van der Waals surface area (Å²) in [6, 6.07) is 5.85. The van der Waals surface area contributed by atoms with Gasteiger partial charge in [0, 0.05) is 12.6 Å². The monoisotopic (exact) mass is 401 g/mol. The van der Waals surface area contributed by atoms with Crippen molar-refractivity contribution in [3.63, 3.8) is 0 Å². The zero-order chi connectivity index (χ0) is 17.4. The normalized spacial score (nSPS) is 11.8. The van der Waals surface area contributed by atoms with Crippen molar-refractivity contribution >= 4 is 31.9 Å². The zero-order valence-corrected chi connectivity index (χ0v) is 15.6. The molecule has 0 bridgehead atoms. The Bertz CT molecular complexity index is 823. The summed E-state index contributed by atoms with van der Waals surface area (Å²) in [5, 5.41) is 0. The van der Waals surface area contributed by atoms with Gasteiger partial charge in [-0.3, -0.25) is 0 Å². The van der Waals surface area contributed by atoms with Crippen molar-refractivity contribution < 1.29 is 12.8 Å². The summed E-state index contributed by atoms with van der Waals surface area (Å²) in [6.45, 7) is 3.90. The number of halogens is 2. The van der Waals surface area contributed by atoms with Crippen molar-refractivity contribution in [2.45, 2.75) is 19.8 Å². The molecule has 1 aromatic carbocycles. The Balaban J connectivity index is 2.70. The Hall–Kier alpha value is -1.54. The molecule has 2 aromatic rings. The molecule has 23 heavy (non-hydrogen) atoms. The van der Waals surface area contributed by atoms with Gasteiger partial charge in [0.25, 0.3) is 0 Å². The topological polar surface area (TPSA) is 63.2 Å².